The number of ether oxygens (including phenoxy) is 1. The summed E-state index contributed by atoms with van der Waals surface area (Å²) in [5.74, 6) is -0.778. The number of halogens is 2. The average Bonchev–Trinajstić information content (AvgIpc) is 4.27. The molecule has 2 aromatic carbocycles. The highest BCUT2D eigenvalue weighted by Crippen LogP contribution is 2.44. The molecule has 19 heteroatoms. The predicted molar refractivity (Wildman–Crippen MR) is 275 cm³/mol. The van der Waals surface area contributed by atoms with Crippen LogP contribution in [0.5, 0.6) is 0 Å². The van der Waals surface area contributed by atoms with Gasteiger partial charge in [0.05, 0.1) is 52.7 Å². The lowest BCUT2D eigenvalue weighted by Crippen LogP contribution is -2.48. The van der Waals surface area contributed by atoms with Gasteiger partial charge in [-0.2, -0.15) is 5.10 Å². The van der Waals surface area contributed by atoms with Crippen molar-refractivity contribution in [3.05, 3.63) is 112 Å². The number of aryl methyl sites for hydroxylation is 2. The zero-order valence-electron chi connectivity index (χ0n) is 42.1. The van der Waals surface area contributed by atoms with Crippen LogP contribution < -0.4 is 10.2 Å². The Kier molecular flexibility index (Phi) is 13.4. The SMILES string of the molecule is CC(=O)N1CCc2c(c(N3CCCc4cc(-c5ccn6c(-c7cc([C@H](C(=O)N8C[C@H](O)C[C@H]8C(=O)N[C@@H](C)c8ccc(-c9scnc9C)cc8)C(C)C)on7)cnc6c5)c(C(F)F)cc43)nn2C2CCOCC2)C1. The molecule has 0 spiro atoms. The van der Waals surface area contributed by atoms with Gasteiger partial charge in [0.15, 0.2) is 5.82 Å². The molecule has 16 nitrogen and oxygen atoms in total. The number of hydrogen-bond acceptors (Lipinski definition) is 12. The Morgan fingerprint density at radius 2 is 1.76 bits per heavy atom. The number of hydrogen-bond donors (Lipinski definition) is 2. The number of aliphatic hydroxyl groups excluding tert-OH is 1. The van der Waals surface area contributed by atoms with Gasteiger partial charge in [-0.1, -0.05) is 43.3 Å². The Morgan fingerprint density at radius 1 is 0.959 bits per heavy atom. The van der Waals surface area contributed by atoms with E-state index >= 15 is 8.78 Å². The fourth-order valence-corrected chi connectivity index (χ4v) is 12.3. The van der Waals surface area contributed by atoms with Gasteiger partial charge in [-0.25, -0.2) is 18.7 Å². The molecule has 2 saturated heterocycles. The number of pyridine rings is 1. The first kappa shape index (κ1) is 49.4. The third-order valence-corrected chi connectivity index (χ3v) is 16.4. The van der Waals surface area contributed by atoms with Gasteiger partial charge in [0, 0.05) is 87.4 Å². The molecule has 3 amide bonds. The van der Waals surface area contributed by atoms with Gasteiger partial charge in [0.25, 0.3) is 6.43 Å². The van der Waals surface area contributed by atoms with Gasteiger partial charge in [-0.3, -0.25) is 23.5 Å². The molecule has 5 aromatic heterocycles. The molecule has 386 valence electrons. The number of anilines is 2. The van der Waals surface area contributed by atoms with Crippen molar-refractivity contribution in [2.24, 2.45) is 5.92 Å². The number of nitrogens with one attached hydrogen (secondary N) is 1. The van der Waals surface area contributed by atoms with Crippen LogP contribution in [0.1, 0.15) is 117 Å². The lowest BCUT2D eigenvalue weighted by molar-refractivity contribution is -0.141. The van der Waals surface area contributed by atoms with Crippen molar-refractivity contribution in [2.45, 2.75) is 116 Å². The first-order chi connectivity index (χ1) is 35.7. The highest BCUT2D eigenvalue weighted by atomic mass is 32.1. The lowest BCUT2D eigenvalue weighted by Gasteiger charge is -2.33. The highest BCUT2D eigenvalue weighted by Gasteiger charge is 2.44. The monoisotopic (exact) mass is 1030 g/mol. The number of likely N-dealkylation sites (tertiary alicyclic amines) is 1. The zero-order valence-corrected chi connectivity index (χ0v) is 42.9. The van der Waals surface area contributed by atoms with E-state index < -0.39 is 24.5 Å². The molecule has 4 atom stereocenters. The summed E-state index contributed by atoms with van der Waals surface area (Å²) < 4.78 is 46.2. The molecule has 4 aliphatic rings. The number of aliphatic hydroxyl groups is 1. The summed E-state index contributed by atoms with van der Waals surface area (Å²) in [7, 11) is 0. The average molecular weight is 1030 g/mol. The van der Waals surface area contributed by atoms with Crippen LogP contribution in [0.15, 0.2) is 77.0 Å². The number of thiazole rings is 1. The molecule has 4 aliphatic heterocycles. The van der Waals surface area contributed by atoms with E-state index in [1.54, 1.807) is 59.3 Å². The smallest absolute Gasteiger partial charge is 0.264 e. The number of carbonyl (C=O) groups is 3. The summed E-state index contributed by atoms with van der Waals surface area (Å²) >= 11 is 1.57. The van der Waals surface area contributed by atoms with Gasteiger partial charge < -0.3 is 34.4 Å². The number of β-amino-alcohol motifs (C(OH)–C–C–N with tert-alkyl or cyclic N) is 1. The van der Waals surface area contributed by atoms with E-state index in [1.807, 2.05) is 68.4 Å². The molecule has 0 bridgehead atoms. The van der Waals surface area contributed by atoms with Crippen LogP contribution in [0, 0.1) is 12.8 Å². The quantitative estimate of drug-likeness (QED) is 0.119. The fraction of sp³-hybridized carbons (Fsp3) is 0.436. The molecular weight excluding hydrogens is 967 g/mol. The molecule has 11 rings (SSSR count). The number of nitrogens with zero attached hydrogens (tertiary/aromatic N) is 9. The molecule has 0 unspecified atom stereocenters. The second-order valence-corrected chi connectivity index (χ2v) is 21.3. The summed E-state index contributed by atoms with van der Waals surface area (Å²) in [4.78, 5) is 56.5. The summed E-state index contributed by atoms with van der Waals surface area (Å²) in [5, 5.41) is 23.5. The van der Waals surface area contributed by atoms with E-state index in [-0.39, 0.29) is 54.3 Å². The summed E-state index contributed by atoms with van der Waals surface area (Å²) in [6.07, 6.45) is 3.67. The maximum Gasteiger partial charge on any atom is 0.264 e. The summed E-state index contributed by atoms with van der Waals surface area (Å²) in [6, 6.07) is 15.6. The Morgan fingerprint density at radius 3 is 2.49 bits per heavy atom. The largest absolute Gasteiger partial charge is 0.391 e. The highest BCUT2D eigenvalue weighted by molar-refractivity contribution is 7.13. The van der Waals surface area contributed by atoms with Gasteiger partial charge in [0.1, 0.15) is 29.1 Å². The second kappa shape index (κ2) is 20.1. The summed E-state index contributed by atoms with van der Waals surface area (Å²) in [6.45, 7) is 12.2. The van der Waals surface area contributed by atoms with Crippen LogP contribution in [0.4, 0.5) is 20.3 Å². The Bertz CT molecular complexity index is 3250. The minimum Gasteiger partial charge on any atom is -0.391 e. The summed E-state index contributed by atoms with van der Waals surface area (Å²) in [5.41, 5.74) is 10.8. The predicted octanol–water partition coefficient (Wildman–Crippen LogP) is 9.14. The molecule has 74 heavy (non-hydrogen) atoms. The third-order valence-electron chi connectivity index (χ3n) is 15.4. The van der Waals surface area contributed by atoms with Gasteiger partial charge >= 0.3 is 0 Å². The van der Waals surface area contributed by atoms with E-state index in [0.29, 0.717) is 85.3 Å². The first-order valence-corrected chi connectivity index (χ1v) is 26.5. The standard InChI is InChI=1S/C55H60F2N10O6S/c1-30(2)50(55(71)66-27-39(69)23-46(66)54(70)60-31(3)34-8-10-35(11-9-34)51-32(4)59-29-74-51)48-25-43(62-73-48)47-26-58-49-22-36(12-18-64(47)49)40-21-37-7-6-16-65(45(37)24-41(40)52(56)57)53-42-28-63(33(5)68)17-13-44(42)67(61-53)38-14-19-72-20-15-38/h8-12,18,21-22,24-26,29-31,38-39,46,50,52,69H,6-7,13-17,19-20,23,27-28H2,1-5H3,(H,60,70)/t31-,39+,46-,50+/m0/s1. The van der Waals surface area contributed by atoms with Crippen molar-refractivity contribution in [3.63, 3.8) is 0 Å². The van der Waals surface area contributed by atoms with Crippen molar-refractivity contribution >= 4 is 46.2 Å². The molecule has 2 fully saturated rings. The minimum absolute atomic E-state index is 0.00510. The van der Waals surface area contributed by atoms with Crippen LogP contribution in [0.2, 0.25) is 0 Å². The topological polar surface area (TPSA) is 176 Å². The molecule has 2 N–H and O–H groups in total. The number of amides is 3. The van der Waals surface area contributed by atoms with Crippen LogP contribution in [0.25, 0.3) is 38.6 Å². The molecular formula is C55H60F2N10O6S. The maximum absolute atomic E-state index is 15.4. The van der Waals surface area contributed by atoms with Crippen molar-refractivity contribution in [1.82, 2.24) is 44.4 Å². The van der Waals surface area contributed by atoms with Gasteiger partial charge in [-0.05, 0) is 97.5 Å². The number of benzene rings is 2. The maximum atomic E-state index is 15.4. The number of imidazole rings is 1. The van der Waals surface area contributed by atoms with Crippen molar-refractivity contribution in [1.29, 1.82) is 0 Å². The van der Waals surface area contributed by atoms with Crippen LogP contribution >= 0.6 is 11.3 Å². The molecule has 0 saturated carbocycles. The van der Waals surface area contributed by atoms with Crippen molar-refractivity contribution < 1.29 is 37.5 Å². The number of alkyl halides is 2. The third kappa shape index (κ3) is 9.16. The molecule has 7 aromatic rings. The van der Waals surface area contributed by atoms with E-state index in [2.05, 4.69) is 30.0 Å². The van der Waals surface area contributed by atoms with Crippen LogP contribution in [-0.4, -0.2) is 107 Å². The first-order valence-electron chi connectivity index (χ1n) is 25.6. The van der Waals surface area contributed by atoms with E-state index in [9.17, 15) is 19.5 Å². The number of aromatic nitrogens is 6. The second-order valence-electron chi connectivity index (χ2n) is 20.5. The van der Waals surface area contributed by atoms with Crippen molar-refractivity contribution in [2.75, 3.05) is 37.7 Å². The van der Waals surface area contributed by atoms with E-state index in [0.717, 1.165) is 63.6 Å². The number of carbonyl (C=O) groups excluding carboxylic acids is 3. The fourth-order valence-electron chi connectivity index (χ4n) is 11.5. The molecule has 0 aliphatic carbocycles. The molecule has 0 radical (unpaired) electrons. The Balaban J connectivity index is 0.833. The van der Waals surface area contributed by atoms with E-state index in [1.165, 1.54) is 4.90 Å². The Labute approximate surface area is 431 Å². The number of rotatable bonds is 12. The van der Waals surface area contributed by atoms with Gasteiger partial charge in [0.2, 0.25) is 17.7 Å². The van der Waals surface area contributed by atoms with Crippen LogP contribution in [-0.2, 0) is 38.5 Å². The number of fused-ring (bicyclic) bond motifs is 3. The van der Waals surface area contributed by atoms with Crippen LogP contribution in [0.3, 0.4) is 0 Å². The zero-order chi connectivity index (χ0) is 51.5. The van der Waals surface area contributed by atoms with E-state index in [4.69, 9.17) is 14.4 Å². The minimum atomic E-state index is -2.78. The normalized spacial score (nSPS) is 19.1. The molecule has 9 heterocycles. The van der Waals surface area contributed by atoms with Crippen molar-refractivity contribution in [3.8, 4) is 33.0 Å². The Hall–Kier alpha value is -6.83. The lowest BCUT2D eigenvalue weighted by atomic mass is 9.91. The van der Waals surface area contributed by atoms with Gasteiger partial charge in [-0.15, -0.1) is 11.3 Å².